The molecule has 0 aliphatic carbocycles. The van der Waals surface area contributed by atoms with Crippen molar-refractivity contribution in [1.29, 1.82) is 0 Å². The number of hydrogen-bond acceptors (Lipinski definition) is 4. The van der Waals surface area contributed by atoms with E-state index >= 15 is 0 Å². The van der Waals surface area contributed by atoms with Gasteiger partial charge >= 0.3 is 0 Å². The fourth-order valence-electron chi connectivity index (χ4n) is 2.41. The van der Waals surface area contributed by atoms with Gasteiger partial charge in [0.15, 0.2) is 0 Å². The van der Waals surface area contributed by atoms with Crippen LogP contribution in [-0.4, -0.2) is 42.2 Å². The second-order valence-electron chi connectivity index (χ2n) is 4.84. The molecule has 1 fully saturated rings. The molecule has 1 atom stereocenters. The third kappa shape index (κ3) is 3.93. The predicted molar refractivity (Wildman–Crippen MR) is 88.3 cm³/mol. The molecule has 5 heteroatoms. The van der Waals surface area contributed by atoms with Gasteiger partial charge < -0.3 is 4.90 Å². The van der Waals surface area contributed by atoms with Gasteiger partial charge in [-0.2, -0.15) is 11.8 Å². The van der Waals surface area contributed by atoms with Gasteiger partial charge in [0.1, 0.15) is 6.17 Å². The van der Waals surface area contributed by atoms with Gasteiger partial charge in [-0.3, -0.25) is 10.1 Å². The average molecular weight is 310 g/mol. The lowest BCUT2D eigenvalue weighted by Crippen LogP contribution is -2.31. The summed E-state index contributed by atoms with van der Waals surface area (Å²) >= 11 is 3.60. The first kappa shape index (κ1) is 15.7. The van der Waals surface area contributed by atoms with Crippen molar-refractivity contribution in [1.82, 2.24) is 10.2 Å². The van der Waals surface area contributed by atoms with Crippen LogP contribution in [0.15, 0.2) is 29.2 Å². The highest BCUT2D eigenvalue weighted by Gasteiger charge is 2.30. The van der Waals surface area contributed by atoms with Gasteiger partial charge in [-0.25, -0.2) is 0 Å². The molecule has 0 aromatic heterocycles. The summed E-state index contributed by atoms with van der Waals surface area (Å²) in [5, 5.41) is 3.32. The van der Waals surface area contributed by atoms with E-state index in [4.69, 9.17) is 0 Å². The number of nitrogens with one attached hydrogen (secondary N) is 1. The molecule has 1 aliphatic rings. The van der Waals surface area contributed by atoms with E-state index in [2.05, 4.69) is 42.1 Å². The first-order chi connectivity index (χ1) is 9.76. The van der Waals surface area contributed by atoms with Crippen LogP contribution in [0.2, 0.25) is 0 Å². The number of amides is 1. The SMILES string of the molecule is CSCCCCN1C(=O)CNC1c1ccc(SC)cc1. The number of benzene rings is 1. The van der Waals surface area contributed by atoms with Crippen LogP contribution in [0, 0.1) is 0 Å². The molecule has 1 aliphatic heterocycles. The minimum absolute atomic E-state index is 0.0488. The lowest BCUT2D eigenvalue weighted by Gasteiger charge is -2.24. The van der Waals surface area contributed by atoms with Crippen molar-refractivity contribution in [2.24, 2.45) is 0 Å². The van der Waals surface area contributed by atoms with Crippen molar-refractivity contribution in [2.75, 3.05) is 31.4 Å². The Balaban J connectivity index is 1.99. The van der Waals surface area contributed by atoms with Crippen LogP contribution in [-0.2, 0) is 4.79 Å². The molecule has 3 nitrogen and oxygen atoms in total. The van der Waals surface area contributed by atoms with Crippen LogP contribution in [0.3, 0.4) is 0 Å². The third-order valence-electron chi connectivity index (χ3n) is 3.51. The van der Waals surface area contributed by atoms with Gasteiger partial charge in [0.2, 0.25) is 5.91 Å². The molecule has 1 N–H and O–H groups in total. The van der Waals surface area contributed by atoms with E-state index in [1.807, 2.05) is 16.7 Å². The zero-order valence-electron chi connectivity index (χ0n) is 12.1. The molecule has 1 unspecified atom stereocenters. The van der Waals surface area contributed by atoms with Gasteiger partial charge in [-0.1, -0.05) is 12.1 Å². The molecular weight excluding hydrogens is 288 g/mol. The largest absolute Gasteiger partial charge is 0.322 e. The summed E-state index contributed by atoms with van der Waals surface area (Å²) in [6.07, 6.45) is 6.49. The fraction of sp³-hybridized carbons (Fsp3) is 0.533. The molecule has 1 aromatic rings. The summed E-state index contributed by atoms with van der Waals surface area (Å²) in [5.41, 5.74) is 1.18. The maximum Gasteiger partial charge on any atom is 0.238 e. The summed E-state index contributed by atoms with van der Waals surface area (Å²) in [7, 11) is 0. The van der Waals surface area contributed by atoms with E-state index in [0.717, 1.165) is 13.0 Å². The van der Waals surface area contributed by atoms with E-state index in [1.54, 1.807) is 11.8 Å². The summed E-state index contributed by atoms with van der Waals surface area (Å²) in [6, 6.07) is 8.49. The van der Waals surface area contributed by atoms with Crippen molar-refractivity contribution >= 4 is 29.4 Å². The molecule has 1 amide bonds. The van der Waals surface area contributed by atoms with Crippen molar-refractivity contribution in [3.05, 3.63) is 29.8 Å². The average Bonchev–Trinajstić information content (AvgIpc) is 2.85. The van der Waals surface area contributed by atoms with Gasteiger partial charge in [-0.15, -0.1) is 11.8 Å². The van der Waals surface area contributed by atoms with E-state index < -0.39 is 0 Å². The Morgan fingerprint density at radius 3 is 2.65 bits per heavy atom. The summed E-state index contributed by atoms with van der Waals surface area (Å²) in [5.74, 6) is 1.39. The predicted octanol–water partition coefficient (Wildman–Crippen LogP) is 2.98. The Kier molecular flexibility index (Phi) is 6.26. The Morgan fingerprint density at radius 2 is 2.00 bits per heavy atom. The van der Waals surface area contributed by atoms with Gasteiger partial charge in [-0.05, 0) is 48.8 Å². The number of carbonyl (C=O) groups excluding carboxylic acids is 1. The first-order valence-corrected chi connectivity index (χ1v) is 9.54. The second-order valence-corrected chi connectivity index (χ2v) is 6.71. The van der Waals surface area contributed by atoms with Gasteiger partial charge in [0.05, 0.1) is 6.54 Å². The normalized spacial score (nSPS) is 18.8. The fourth-order valence-corrected chi connectivity index (χ4v) is 3.31. The Labute approximate surface area is 129 Å². The second kappa shape index (κ2) is 7.96. The van der Waals surface area contributed by atoms with Crippen molar-refractivity contribution in [3.63, 3.8) is 0 Å². The minimum Gasteiger partial charge on any atom is -0.322 e. The van der Waals surface area contributed by atoms with Crippen LogP contribution in [0.5, 0.6) is 0 Å². The Hall–Kier alpha value is -0.650. The molecule has 0 spiro atoms. The zero-order chi connectivity index (χ0) is 14.4. The van der Waals surface area contributed by atoms with Crippen molar-refractivity contribution < 1.29 is 4.79 Å². The molecule has 1 saturated heterocycles. The lowest BCUT2D eigenvalue weighted by atomic mass is 10.1. The topological polar surface area (TPSA) is 32.3 Å². The monoisotopic (exact) mass is 310 g/mol. The molecule has 1 aromatic carbocycles. The minimum atomic E-state index is 0.0488. The number of hydrogen-bond donors (Lipinski definition) is 1. The summed E-state index contributed by atoms with van der Waals surface area (Å²) in [6.45, 7) is 1.30. The Bertz CT molecular complexity index is 436. The smallest absolute Gasteiger partial charge is 0.238 e. The highest BCUT2D eigenvalue weighted by Crippen LogP contribution is 2.25. The molecule has 0 saturated carbocycles. The number of carbonyl (C=O) groups is 1. The third-order valence-corrected chi connectivity index (χ3v) is 4.95. The van der Waals surface area contributed by atoms with Crippen LogP contribution < -0.4 is 5.32 Å². The standard InChI is InChI=1S/C15H22N2OS2/c1-19-10-4-3-9-17-14(18)11-16-15(17)12-5-7-13(20-2)8-6-12/h5-8,15-16H,3-4,9-11H2,1-2H3. The van der Waals surface area contributed by atoms with Crippen molar-refractivity contribution in [3.8, 4) is 0 Å². The van der Waals surface area contributed by atoms with Crippen LogP contribution in [0.1, 0.15) is 24.6 Å². The van der Waals surface area contributed by atoms with Crippen LogP contribution in [0.4, 0.5) is 0 Å². The maximum absolute atomic E-state index is 12.0. The summed E-state index contributed by atoms with van der Waals surface area (Å²) < 4.78 is 0. The number of nitrogens with zero attached hydrogens (tertiary/aromatic N) is 1. The lowest BCUT2D eigenvalue weighted by molar-refractivity contribution is -0.128. The van der Waals surface area contributed by atoms with Crippen LogP contribution >= 0.6 is 23.5 Å². The number of unbranched alkanes of at least 4 members (excludes halogenated alkanes) is 1. The van der Waals surface area contributed by atoms with E-state index in [9.17, 15) is 4.79 Å². The molecule has 0 radical (unpaired) electrons. The number of thioether (sulfide) groups is 2. The van der Waals surface area contributed by atoms with E-state index in [1.165, 1.54) is 22.6 Å². The van der Waals surface area contributed by atoms with Gasteiger partial charge in [0.25, 0.3) is 0 Å². The molecule has 110 valence electrons. The molecule has 1 heterocycles. The molecule has 0 bridgehead atoms. The molecule has 20 heavy (non-hydrogen) atoms. The first-order valence-electron chi connectivity index (χ1n) is 6.92. The van der Waals surface area contributed by atoms with Gasteiger partial charge in [0, 0.05) is 11.4 Å². The highest BCUT2D eigenvalue weighted by molar-refractivity contribution is 7.98. The summed E-state index contributed by atoms with van der Waals surface area (Å²) in [4.78, 5) is 15.2. The van der Waals surface area contributed by atoms with E-state index in [-0.39, 0.29) is 12.1 Å². The quantitative estimate of drug-likeness (QED) is 0.620. The maximum atomic E-state index is 12.0. The molecular formula is C15H22N2OS2. The molecule has 2 rings (SSSR count). The van der Waals surface area contributed by atoms with E-state index in [0.29, 0.717) is 6.54 Å². The zero-order valence-corrected chi connectivity index (χ0v) is 13.7. The number of rotatable bonds is 7. The van der Waals surface area contributed by atoms with Crippen LogP contribution in [0.25, 0.3) is 0 Å². The Morgan fingerprint density at radius 1 is 1.25 bits per heavy atom. The highest BCUT2D eigenvalue weighted by atomic mass is 32.2. The van der Waals surface area contributed by atoms with Crippen molar-refractivity contribution in [2.45, 2.75) is 23.9 Å².